The number of benzene rings is 1. The summed E-state index contributed by atoms with van der Waals surface area (Å²) in [5.41, 5.74) is 1.11. The Bertz CT molecular complexity index is 625. The van der Waals surface area contributed by atoms with Crippen molar-refractivity contribution in [3.05, 3.63) is 34.7 Å². The SMILES string of the molecule is CCCCCCCCCCCCOc1ccc(C=C2SC(=S)NC2=S)cc1. The average molecular weight is 422 g/mol. The van der Waals surface area contributed by atoms with E-state index in [2.05, 4.69) is 30.4 Å². The lowest BCUT2D eigenvalue weighted by atomic mass is 10.1. The van der Waals surface area contributed by atoms with Gasteiger partial charge >= 0.3 is 0 Å². The van der Waals surface area contributed by atoms with Crippen molar-refractivity contribution in [2.75, 3.05) is 6.61 Å². The minimum Gasteiger partial charge on any atom is -0.494 e. The van der Waals surface area contributed by atoms with E-state index >= 15 is 0 Å². The van der Waals surface area contributed by atoms with E-state index in [1.54, 1.807) is 0 Å². The minimum absolute atomic E-state index is 0.714. The molecule has 0 atom stereocenters. The van der Waals surface area contributed by atoms with Crippen molar-refractivity contribution < 1.29 is 4.74 Å². The van der Waals surface area contributed by atoms with E-state index in [1.807, 2.05) is 12.1 Å². The second-order valence-corrected chi connectivity index (χ2v) is 9.08. The first kappa shape index (κ1) is 22.4. The molecule has 0 amide bonds. The Morgan fingerprint density at radius 3 is 2.04 bits per heavy atom. The van der Waals surface area contributed by atoms with E-state index in [9.17, 15) is 0 Å². The van der Waals surface area contributed by atoms with Gasteiger partial charge in [0.15, 0.2) is 0 Å². The van der Waals surface area contributed by atoms with Crippen LogP contribution < -0.4 is 10.1 Å². The second kappa shape index (κ2) is 13.3. The van der Waals surface area contributed by atoms with Gasteiger partial charge in [-0.2, -0.15) is 0 Å². The molecule has 0 aliphatic carbocycles. The molecular weight excluding hydrogens is 390 g/mol. The van der Waals surface area contributed by atoms with Gasteiger partial charge in [0, 0.05) is 4.91 Å². The number of hydrogen-bond acceptors (Lipinski definition) is 4. The van der Waals surface area contributed by atoms with Crippen LogP contribution >= 0.6 is 36.2 Å². The Hall–Kier alpha value is -0.910. The Balaban J connectivity index is 1.55. The number of hydrogen-bond donors (Lipinski definition) is 1. The third-order valence-corrected chi connectivity index (χ3v) is 6.22. The molecule has 1 aromatic carbocycles. The molecule has 0 radical (unpaired) electrons. The van der Waals surface area contributed by atoms with Crippen LogP contribution in [0.15, 0.2) is 29.2 Å². The molecule has 1 aromatic rings. The van der Waals surface area contributed by atoms with Crippen LogP contribution in [0.2, 0.25) is 0 Å². The normalized spacial score (nSPS) is 15.4. The molecule has 2 rings (SSSR count). The summed E-state index contributed by atoms with van der Waals surface area (Å²) in [7, 11) is 0. The Kier molecular flexibility index (Phi) is 11.0. The number of unbranched alkanes of at least 4 members (excludes halogenated alkanes) is 9. The smallest absolute Gasteiger partial charge is 0.143 e. The van der Waals surface area contributed by atoms with Crippen molar-refractivity contribution >= 4 is 51.6 Å². The fourth-order valence-electron chi connectivity index (χ4n) is 3.01. The first-order valence-electron chi connectivity index (χ1n) is 10.2. The summed E-state index contributed by atoms with van der Waals surface area (Å²) < 4.78 is 6.58. The lowest BCUT2D eigenvalue weighted by Gasteiger charge is -2.07. The summed E-state index contributed by atoms with van der Waals surface area (Å²) in [4.78, 5) is 1.72. The molecule has 1 N–H and O–H groups in total. The van der Waals surface area contributed by atoms with E-state index in [0.717, 1.165) is 33.6 Å². The largest absolute Gasteiger partial charge is 0.494 e. The fourth-order valence-corrected chi connectivity index (χ4v) is 4.49. The van der Waals surface area contributed by atoms with Gasteiger partial charge in [0.2, 0.25) is 0 Å². The molecule has 27 heavy (non-hydrogen) atoms. The van der Waals surface area contributed by atoms with Gasteiger partial charge in [0.25, 0.3) is 0 Å². The maximum absolute atomic E-state index is 5.86. The second-order valence-electron chi connectivity index (χ2n) is 6.95. The predicted molar refractivity (Wildman–Crippen MR) is 128 cm³/mol. The maximum atomic E-state index is 5.86. The molecule has 1 aliphatic heterocycles. The first-order chi connectivity index (χ1) is 13.2. The zero-order valence-electron chi connectivity index (χ0n) is 16.3. The van der Waals surface area contributed by atoms with E-state index in [0.29, 0.717) is 4.99 Å². The van der Waals surface area contributed by atoms with Gasteiger partial charge in [-0.1, -0.05) is 113 Å². The molecule has 148 valence electrons. The third-order valence-electron chi connectivity index (χ3n) is 4.59. The molecule has 2 nitrogen and oxygen atoms in total. The quantitative estimate of drug-likeness (QED) is 0.205. The molecule has 1 fully saturated rings. The molecule has 5 heteroatoms. The van der Waals surface area contributed by atoms with E-state index in [-0.39, 0.29) is 0 Å². The van der Waals surface area contributed by atoms with Gasteiger partial charge in [0.05, 0.1) is 6.61 Å². The molecule has 1 heterocycles. The van der Waals surface area contributed by atoms with Crippen LogP contribution in [0.4, 0.5) is 0 Å². The van der Waals surface area contributed by atoms with Crippen molar-refractivity contribution in [3.63, 3.8) is 0 Å². The third kappa shape index (κ3) is 9.22. The maximum Gasteiger partial charge on any atom is 0.143 e. The summed E-state index contributed by atoms with van der Waals surface area (Å²) in [6.07, 6.45) is 15.5. The minimum atomic E-state index is 0.714. The molecule has 0 aromatic heterocycles. The van der Waals surface area contributed by atoms with Crippen molar-refractivity contribution in [2.24, 2.45) is 0 Å². The summed E-state index contributed by atoms with van der Waals surface area (Å²) in [6.45, 7) is 3.07. The lowest BCUT2D eigenvalue weighted by Crippen LogP contribution is -2.15. The van der Waals surface area contributed by atoms with Crippen LogP contribution in [0.1, 0.15) is 76.7 Å². The van der Waals surface area contributed by atoms with Crippen molar-refractivity contribution in [1.82, 2.24) is 5.32 Å². The van der Waals surface area contributed by atoms with E-state index in [1.165, 1.54) is 69.5 Å². The number of thioether (sulfide) groups is 1. The Labute approximate surface area is 179 Å². The van der Waals surface area contributed by atoms with E-state index < -0.39 is 0 Å². The zero-order chi connectivity index (χ0) is 19.3. The summed E-state index contributed by atoms with van der Waals surface area (Å²) >= 11 is 11.9. The molecule has 0 spiro atoms. The van der Waals surface area contributed by atoms with Crippen molar-refractivity contribution in [1.29, 1.82) is 0 Å². The topological polar surface area (TPSA) is 21.3 Å². The van der Waals surface area contributed by atoms with Gasteiger partial charge in [-0.25, -0.2) is 0 Å². The summed E-state index contributed by atoms with van der Waals surface area (Å²) in [5, 5.41) is 3.00. The Morgan fingerprint density at radius 2 is 1.48 bits per heavy atom. The molecule has 0 bridgehead atoms. The molecular formula is C22H31NOS3. The summed E-state index contributed by atoms with van der Waals surface area (Å²) in [6, 6.07) is 8.17. The van der Waals surface area contributed by atoms with Crippen LogP contribution in [-0.4, -0.2) is 15.9 Å². The van der Waals surface area contributed by atoms with Crippen molar-refractivity contribution in [2.45, 2.75) is 71.1 Å². The Morgan fingerprint density at radius 1 is 0.889 bits per heavy atom. The van der Waals surface area contributed by atoms with Gasteiger partial charge in [-0.3, -0.25) is 0 Å². The number of thiocarbonyl (C=S) groups is 2. The fraction of sp³-hybridized carbons (Fsp3) is 0.545. The van der Waals surface area contributed by atoms with E-state index in [4.69, 9.17) is 29.2 Å². The lowest BCUT2D eigenvalue weighted by molar-refractivity contribution is 0.304. The standard InChI is InChI=1S/C22H31NOS3/c1-2-3-4-5-6-7-8-9-10-11-16-24-19-14-12-18(13-15-19)17-20-21(25)23-22(26)27-20/h12-15,17H,2-11,16H2,1H3,(H,23,25,26). The molecule has 0 unspecified atom stereocenters. The van der Waals surface area contributed by atoms with Gasteiger partial charge in [-0.15, -0.1) is 0 Å². The number of ether oxygens (including phenoxy) is 1. The van der Waals surface area contributed by atoms with Crippen LogP contribution in [-0.2, 0) is 0 Å². The highest BCUT2D eigenvalue weighted by atomic mass is 32.2. The predicted octanol–water partition coefficient (Wildman–Crippen LogP) is 7.28. The van der Waals surface area contributed by atoms with Crippen LogP contribution in [0.25, 0.3) is 6.08 Å². The number of rotatable bonds is 13. The average Bonchev–Trinajstić information content (AvgIpc) is 2.98. The van der Waals surface area contributed by atoms with Gasteiger partial charge in [-0.05, 0) is 30.2 Å². The van der Waals surface area contributed by atoms with Gasteiger partial charge < -0.3 is 10.1 Å². The first-order valence-corrected chi connectivity index (χ1v) is 11.8. The molecule has 1 aliphatic rings. The highest BCUT2D eigenvalue weighted by molar-refractivity contribution is 8.27. The van der Waals surface area contributed by atoms with Crippen LogP contribution in [0.3, 0.4) is 0 Å². The van der Waals surface area contributed by atoms with Gasteiger partial charge in [0.1, 0.15) is 15.1 Å². The monoisotopic (exact) mass is 421 g/mol. The molecule has 0 saturated carbocycles. The summed E-state index contributed by atoms with van der Waals surface area (Å²) in [5.74, 6) is 0.934. The zero-order valence-corrected chi connectivity index (χ0v) is 18.7. The molecule has 1 saturated heterocycles. The highest BCUT2D eigenvalue weighted by Crippen LogP contribution is 2.27. The van der Waals surface area contributed by atoms with Crippen LogP contribution in [0, 0.1) is 0 Å². The van der Waals surface area contributed by atoms with Crippen molar-refractivity contribution in [3.8, 4) is 5.75 Å². The van der Waals surface area contributed by atoms with Crippen LogP contribution in [0.5, 0.6) is 5.75 Å². The highest BCUT2D eigenvalue weighted by Gasteiger charge is 2.18. The number of nitrogens with one attached hydrogen (secondary N) is 1.